The van der Waals surface area contributed by atoms with Crippen molar-refractivity contribution in [3.8, 4) is 5.75 Å². The number of carbonyl (C=O) groups excluding carboxylic acids is 1. The molecule has 7 rings (SSSR count). The zero-order chi connectivity index (χ0) is 21.7. The molecule has 6 aliphatic rings. The molecule has 2 aliphatic heterocycles. The molecule has 32 heavy (non-hydrogen) atoms. The summed E-state index contributed by atoms with van der Waals surface area (Å²) in [5.74, 6) is 4.83. The van der Waals surface area contributed by atoms with Gasteiger partial charge in [0, 0.05) is 35.8 Å². The van der Waals surface area contributed by atoms with Crippen LogP contribution >= 0.6 is 11.8 Å². The SMILES string of the molecule is COc1ccc(S[C@H]2C[C@@H](C(=O)N3CCOCC3)N(C3C4CC5CC(C4)CC3C5)C2)cc1. The molecule has 4 aliphatic carbocycles. The summed E-state index contributed by atoms with van der Waals surface area (Å²) in [5.41, 5.74) is 0. The standard InChI is InChI=1S/C26H36N2O3S/c1-30-21-2-4-22(5-3-21)32-23-15-24(26(29)27-6-8-31-9-7-27)28(16-23)25-19-11-17-10-18(13-19)14-20(25)12-17/h2-5,17-20,23-25H,6-16H2,1H3/t17?,18?,19?,20?,23-,24-,25?/m0/s1. The summed E-state index contributed by atoms with van der Waals surface area (Å²) in [6, 6.07) is 9.08. The number of ether oxygens (including phenoxy) is 2. The minimum absolute atomic E-state index is 0.0476. The number of morpholine rings is 1. The molecule has 6 heteroatoms. The summed E-state index contributed by atoms with van der Waals surface area (Å²) >= 11 is 1.95. The fraction of sp³-hybridized carbons (Fsp3) is 0.731. The molecule has 1 aromatic carbocycles. The minimum atomic E-state index is 0.0476. The van der Waals surface area contributed by atoms with Gasteiger partial charge in [0.1, 0.15) is 5.75 Å². The zero-order valence-corrected chi connectivity index (χ0v) is 20.0. The molecule has 2 atom stereocenters. The van der Waals surface area contributed by atoms with Gasteiger partial charge in [-0.25, -0.2) is 0 Å². The topological polar surface area (TPSA) is 42.0 Å². The highest BCUT2D eigenvalue weighted by atomic mass is 32.2. The number of thioether (sulfide) groups is 1. The van der Waals surface area contributed by atoms with Crippen LogP contribution in [-0.2, 0) is 9.53 Å². The summed E-state index contributed by atoms with van der Waals surface area (Å²) in [6.07, 6.45) is 8.07. The minimum Gasteiger partial charge on any atom is -0.497 e. The van der Waals surface area contributed by atoms with Crippen LogP contribution in [0.5, 0.6) is 5.75 Å². The average Bonchev–Trinajstić information content (AvgIpc) is 3.22. The van der Waals surface area contributed by atoms with E-state index >= 15 is 0 Å². The summed E-state index contributed by atoms with van der Waals surface area (Å²) in [7, 11) is 1.71. The van der Waals surface area contributed by atoms with Crippen LogP contribution in [0.1, 0.15) is 38.5 Å². The normalized spacial score (nSPS) is 38.9. The van der Waals surface area contributed by atoms with Crippen LogP contribution in [0.3, 0.4) is 0 Å². The van der Waals surface area contributed by atoms with Gasteiger partial charge in [-0.15, -0.1) is 11.8 Å². The van der Waals surface area contributed by atoms with Crippen molar-refractivity contribution in [2.45, 2.75) is 60.8 Å². The Morgan fingerprint density at radius 3 is 2.25 bits per heavy atom. The van der Waals surface area contributed by atoms with E-state index in [1.165, 1.54) is 37.0 Å². The Kier molecular flexibility index (Phi) is 5.89. The number of nitrogens with zero attached hydrogens (tertiary/aromatic N) is 2. The Morgan fingerprint density at radius 2 is 1.62 bits per heavy atom. The molecule has 5 nitrogen and oxygen atoms in total. The van der Waals surface area contributed by atoms with Gasteiger partial charge in [0.05, 0.1) is 26.4 Å². The molecule has 174 valence electrons. The number of amides is 1. The predicted molar refractivity (Wildman–Crippen MR) is 126 cm³/mol. The van der Waals surface area contributed by atoms with E-state index in [4.69, 9.17) is 9.47 Å². The molecule has 1 aromatic rings. The Hall–Kier alpha value is -1.24. The quantitative estimate of drug-likeness (QED) is 0.672. The van der Waals surface area contributed by atoms with Gasteiger partial charge in [-0.1, -0.05) is 0 Å². The Morgan fingerprint density at radius 1 is 0.969 bits per heavy atom. The van der Waals surface area contributed by atoms with Gasteiger partial charge in [-0.2, -0.15) is 0 Å². The van der Waals surface area contributed by atoms with E-state index in [1.54, 1.807) is 7.11 Å². The zero-order valence-electron chi connectivity index (χ0n) is 19.2. The number of methoxy groups -OCH3 is 1. The molecule has 4 saturated carbocycles. The number of carbonyl (C=O) groups is 1. The summed E-state index contributed by atoms with van der Waals surface area (Å²) < 4.78 is 10.9. The van der Waals surface area contributed by atoms with Gasteiger partial charge >= 0.3 is 0 Å². The van der Waals surface area contributed by atoms with Crippen LogP contribution in [-0.4, -0.2) is 73.0 Å². The van der Waals surface area contributed by atoms with Gasteiger partial charge < -0.3 is 14.4 Å². The van der Waals surface area contributed by atoms with E-state index in [9.17, 15) is 4.79 Å². The lowest BCUT2D eigenvalue weighted by molar-refractivity contribution is -0.144. The maximum atomic E-state index is 13.7. The number of hydrogen-bond acceptors (Lipinski definition) is 5. The maximum absolute atomic E-state index is 13.7. The second-order valence-electron chi connectivity index (χ2n) is 10.7. The molecular formula is C26H36N2O3S. The van der Waals surface area contributed by atoms with Gasteiger partial charge in [-0.3, -0.25) is 9.69 Å². The summed E-state index contributed by atoms with van der Waals surface area (Å²) in [4.78, 5) is 19.8. The lowest BCUT2D eigenvalue weighted by Crippen LogP contribution is -2.60. The monoisotopic (exact) mass is 456 g/mol. The van der Waals surface area contributed by atoms with Crippen LogP contribution in [0.15, 0.2) is 29.2 Å². The molecular weight excluding hydrogens is 420 g/mol. The molecule has 4 bridgehead atoms. The van der Waals surface area contributed by atoms with Crippen LogP contribution in [0.25, 0.3) is 0 Å². The first-order valence-corrected chi connectivity index (χ1v) is 13.5. The second kappa shape index (κ2) is 8.84. The van der Waals surface area contributed by atoms with E-state index in [2.05, 4.69) is 21.9 Å². The number of benzene rings is 1. The van der Waals surface area contributed by atoms with Crippen LogP contribution in [0.2, 0.25) is 0 Å². The third-order valence-electron chi connectivity index (χ3n) is 8.83. The van der Waals surface area contributed by atoms with Crippen molar-refractivity contribution >= 4 is 17.7 Å². The first kappa shape index (κ1) is 21.3. The predicted octanol–water partition coefficient (Wildman–Crippen LogP) is 3.91. The summed E-state index contributed by atoms with van der Waals surface area (Å²) in [5, 5.41) is 0.468. The lowest BCUT2D eigenvalue weighted by atomic mass is 9.54. The van der Waals surface area contributed by atoms with E-state index < -0.39 is 0 Å². The van der Waals surface area contributed by atoms with E-state index in [0.717, 1.165) is 55.5 Å². The third kappa shape index (κ3) is 3.97. The largest absolute Gasteiger partial charge is 0.497 e. The third-order valence-corrected chi connectivity index (χ3v) is 10.1. The first-order valence-electron chi connectivity index (χ1n) is 12.6. The number of rotatable bonds is 5. The van der Waals surface area contributed by atoms with Crippen molar-refractivity contribution in [2.24, 2.45) is 23.7 Å². The average molecular weight is 457 g/mol. The van der Waals surface area contributed by atoms with Crippen molar-refractivity contribution in [1.82, 2.24) is 9.80 Å². The smallest absolute Gasteiger partial charge is 0.240 e. The highest BCUT2D eigenvalue weighted by Gasteiger charge is 2.54. The van der Waals surface area contributed by atoms with Crippen LogP contribution in [0.4, 0.5) is 0 Å². The molecule has 2 saturated heterocycles. The summed E-state index contributed by atoms with van der Waals surface area (Å²) in [6.45, 7) is 3.91. The highest BCUT2D eigenvalue weighted by molar-refractivity contribution is 8.00. The van der Waals surface area contributed by atoms with Crippen molar-refractivity contribution in [1.29, 1.82) is 0 Å². The van der Waals surface area contributed by atoms with E-state index in [0.29, 0.717) is 30.4 Å². The Bertz CT molecular complexity index is 797. The van der Waals surface area contributed by atoms with Crippen LogP contribution < -0.4 is 4.74 Å². The van der Waals surface area contributed by atoms with Crippen LogP contribution in [0, 0.1) is 23.7 Å². The van der Waals surface area contributed by atoms with Gasteiger partial charge in [0.25, 0.3) is 0 Å². The fourth-order valence-electron chi connectivity index (χ4n) is 7.76. The molecule has 0 N–H and O–H groups in total. The number of hydrogen-bond donors (Lipinski definition) is 0. The van der Waals surface area contributed by atoms with E-state index in [1.807, 2.05) is 23.9 Å². The maximum Gasteiger partial charge on any atom is 0.240 e. The highest BCUT2D eigenvalue weighted by Crippen LogP contribution is 2.56. The van der Waals surface area contributed by atoms with Crippen molar-refractivity contribution in [3.05, 3.63) is 24.3 Å². The Balaban J connectivity index is 1.23. The van der Waals surface area contributed by atoms with Gasteiger partial charge in [-0.05, 0) is 86.5 Å². The molecule has 0 aromatic heterocycles. The molecule has 6 fully saturated rings. The molecule has 0 spiro atoms. The fourth-order valence-corrected chi connectivity index (χ4v) is 8.96. The van der Waals surface area contributed by atoms with Crippen molar-refractivity contribution in [2.75, 3.05) is 40.0 Å². The molecule has 1 amide bonds. The molecule has 0 radical (unpaired) electrons. The van der Waals surface area contributed by atoms with Crippen molar-refractivity contribution < 1.29 is 14.3 Å². The van der Waals surface area contributed by atoms with Gasteiger partial charge in [0.2, 0.25) is 5.91 Å². The first-order chi connectivity index (χ1) is 15.7. The van der Waals surface area contributed by atoms with Gasteiger partial charge in [0.15, 0.2) is 0 Å². The Labute approximate surface area is 196 Å². The lowest BCUT2D eigenvalue weighted by Gasteiger charge is -2.57. The molecule has 2 heterocycles. The second-order valence-corrected chi connectivity index (χ2v) is 12.1. The van der Waals surface area contributed by atoms with Crippen molar-refractivity contribution in [3.63, 3.8) is 0 Å². The van der Waals surface area contributed by atoms with E-state index in [-0.39, 0.29) is 6.04 Å². The number of likely N-dealkylation sites (tertiary alicyclic amines) is 1. The molecule has 0 unspecified atom stereocenters.